The predicted octanol–water partition coefficient (Wildman–Crippen LogP) is 4.14. The summed E-state index contributed by atoms with van der Waals surface area (Å²) in [7, 11) is 1.63. The summed E-state index contributed by atoms with van der Waals surface area (Å²) in [5.74, 6) is 1.89. The Morgan fingerprint density at radius 3 is 2.65 bits per heavy atom. The lowest BCUT2D eigenvalue weighted by Crippen LogP contribution is -2.50. The molecule has 0 aromatic heterocycles. The summed E-state index contributed by atoms with van der Waals surface area (Å²) in [6.45, 7) is 8.68. The molecule has 3 heteroatoms. The van der Waals surface area contributed by atoms with Crippen molar-refractivity contribution in [1.29, 1.82) is 0 Å². The van der Waals surface area contributed by atoms with Crippen LogP contribution in [-0.4, -0.2) is 23.4 Å². The molecule has 0 radical (unpaired) electrons. The van der Waals surface area contributed by atoms with Gasteiger partial charge in [0.1, 0.15) is 0 Å². The summed E-state index contributed by atoms with van der Waals surface area (Å²) < 4.78 is 5.57. The van der Waals surface area contributed by atoms with Crippen molar-refractivity contribution in [2.45, 2.75) is 70.8 Å². The lowest BCUT2D eigenvalue weighted by Gasteiger charge is -2.52. The van der Waals surface area contributed by atoms with E-state index in [9.17, 15) is 10.2 Å². The summed E-state index contributed by atoms with van der Waals surface area (Å²) in [5.41, 5.74) is 2.99. The van der Waals surface area contributed by atoms with Crippen LogP contribution in [0.25, 0.3) is 0 Å². The van der Waals surface area contributed by atoms with Gasteiger partial charge in [-0.15, -0.1) is 0 Å². The zero-order valence-electron chi connectivity index (χ0n) is 15.0. The van der Waals surface area contributed by atoms with Gasteiger partial charge in [0.2, 0.25) is 0 Å². The number of ether oxygens (including phenoxy) is 1. The third-order valence-electron chi connectivity index (χ3n) is 6.31. The minimum absolute atomic E-state index is 0.169. The zero-order valence-corrected chi connectivity index (χ0v) is 15.0. The van der Waals surface area contributed by atoms with Gasteiger partial charge >= 0.3 is 0 Å². The first-order valence-corrected chi connectivity index (χ1v) is 8.92. The number of hydrogen-bond acceptors (Lipinski definition) is 3. The maximum atomic E-state index is 11.0. The van der Waals surface area contributed by atoms with Crippen molar-refractivity contribution in [1.82, 2.24) is 0 Å². The summed E-state index contributed by atoms with van der Waals surface area (Å²) >= 11 is 0. The van der Waals surface area contributed by atoms with Gasteiger partial charge in [0.05, 0.1) is 13.2 Å². The maximum Gasteiger partial charge on any atom is 0.164 e. The quantitative estimate of drug-likeness (QED) is 0.862. The first-order chi connectivity index (χ1) is 10.8. The van der Waals surface area contributed by atoms with Gasteiger partial charge in [-0.3, -0.25) is 0 Å². The second kappa shape index (κ2) is 5.70. The number of aromatic hydroxyl groups is 1. The normalized spacial score (nSPS) is 33.3. The van der Waals surface area contributed by atoms with Crippen molar-refractivity contribution in [2.24, 2.45) is 11.8 Å². The van der Waals surface area contributed by atoms with E-state index in [0.29, 0.717) is 23.8 Å². The number of benzene rings is 1. The van der Waals surface area contributed by atoms with Gasteiger partial charge in [-0.05, 0) is 36.2 Å². The molecule has 3 nitrogen and oxygen atoms in total. The molecule has 1 fully saturated rings. The van der Waals surface area contributed by atoms with E-state index in [1.54, 1.807) is 7.11 Å². The molecule has 0 heterocycles. The molecule has 128 valence electrons. The molecule has 3 unspecified atom stereocenters. The Morgan fingerprint density at radius 1 is 1.35 bits per heavy atom. The minimum atomic E-state index is -0.324. The molecule has 2 N–H and O–H groups in total. The Morgan fingerprint density at radius 2 is 2.04 bits per heavy atom. The number of phenols is 1. The van der Waals surface area contributed by atoms with Crippen LogP contribution in [0.15, 0.2) is 6.07 Å². The fraction of sp³-hybridized carbons (Fsp3) is 0.700. The highest BCUT2D eigenvalue weighted by Gasteiger charge is 2.51. The fourth-order valence-electron chi connectivity index (χ4n) is 5.38. The summed E-state index contributed by atoms with van der Waals surface area (Å²) in [4.78, 5) is 0. The van der Waals surface area contributed by atoms with E-state index in [1.165, 1.54) is 0 Å². The van der Waals surface area contributed by atoms with Crippen LogP contribution >= 0.6 is 0 Å². The number of hydrogen-bond donors (Lipinski definition) is 2. The Hall–Kier alpha value is -1.22. The van der Waals surface area contributed by atoms with Crippen molar-refractivity contribution in [3.63, 3.8) is 0 Å². The predicted molar refractivity (Wildman–Crippen MR) is 92.3 cm³/mol. The molecule has 0 saturated heterocycles. The molecular formula is C20H30O3. The lowest BCUT2D eigenvalue weighted by molar-refractivity contribution is -0.00951. The van der Waals surface area contributed by atoms with Crippen LogP contribution in [0.5, 0.6) is 11.5 Å². The summed E-state index contributed by atoms with van der Waals surface area (Å²) in [5, 5.41) is 21.9. The maximum absolute atomic E-state index is 11.0. The molecule has 2 aliphatic carbocycles. The Bertz CT molecular complexity index is 607. The second-order valence-corrected chi connectivity index (χ2v) is 8.12. The van der Waals surface area contributed by atoms with Crippen molar-refractivity contribution in [2.75, 3.05) is 7.11 Å². The molecule has 1 aromatic carbocycles. The number of rotatable bonds is 2. The van der Waals surface area contributed by atoms with Crippen LogP contribution in [0.3, 0.4) is 0 Å². The average molecular weight is 318 g/mol. The van der Waals surface area contributed by atoms with Crippen LogP contribution in [0.1, 0.15) is 69.6 Å². The van der Waals surface area contributed by atoms with Crippen LogP contribution in [0.4, 0.5) is 0 Å². The second-order valence-electron chi connectivity index (χ2n) is 8.12. The first kappa shape index (κ1) is 16.6. The van der Waals surface area contributed by atoms with E-state index >= 15 is 0 Å². The SMILES string of the molecule is COc1c(C(C)C)cc2c(c1O)C1(C)CCCC(C)C1[C@@H](O)C2. The largest absolute Gasteiger partial charge is 0.504 e. The molecule has 4 atom stereocenters. The summed E-state index contributed by atoms with van der Waals surface area (Å²) in [6.07, 6.45) is 3.64. The molecule has 0 amide bonds. The molecule has 0 aliphatic heterocycles. The highest BCUT2D eigenvalue weighted by Crippen LogP contribution is 2.57. The topological polar surface area (TPSA) is 49.7 Å². The number of aliphatic hydroxyl groups is 1. The number of phenolic OH excluding ortho intramolecular Hbond substituents is 1. The van der Waals surface area contributed by atoms with E-state index in [-0.39, 0.29) is 23.4 Å². The molecule has 1 saturated carbocycles. The van der Waals surface area contributed by atoms with E-state index in [0.717, 1.165) is 36.0 Å². The van der Waals surface area contributed by atoms with Gasteiger partial charge in [-0.25, -0.2) is 0 Å². The minimum Gasteiger partial charge on any atom is -0.504 e. The van der Waals surface area contributed by atoms with Crippen molar-refractivity contribution in [3.05, 3.63) is 22.8 Å². The monoisotopic (exact) mass is 318 g/mol. The molecule has 0 spiro atoms. The van der Waals surface area contributed by atoms with E-state index in [1.807, 2.05) is 0 Å². The van der Waals surface area contributed by atoms with E-state index in [4.69, 9.17) is 4.74 Å². The summed E-state index contributed by atoms with van der Waals surface area (Å²) in [6, 6.07) is 2.16. The van der Waals surface area contributed by atoms with Crippen molar-refractivity contribution < 1.29 is 14.9 Å². The van der Waals surface area contributed by atoms with E-state index < -0.39 is 0 Å². The van der Waals surface area contributed by atoms with Gasteiger partial charge in [-0.1, -0.05) is 46.6 Å². The smallest absolute Gasteiger partial charge is 0.164 e. The highest BCUT2D eigenvalue weighted by molar-refractivity contribution is 5.60. The molecule has 0 bridgehead atoms. The van der Waals surface area contributed by atoms with Gasteiger partial charge in [0, 0.05) is 16.5 Å². The van der Waals surface area contributed by atoms with Gasteiger partial charge in [0.25, 0.3) is 0 Å². The lowest BCUT2D eigenvalue weighted by atomic mass is 9.54. The van der Waals surface area contributed by atoms with Crippen LogP contribution < -0.4 is 4.74 Å². The third-order valence-corrected chi connectivity index (χ3v) is 6.31. The Labute approximate surface area is 139 Å². The third kappa shape index (κ3) is 2.36. The highest BCUT2D eigenvalue weighted by atomic mass is 16.5. The molecular weight excluding hydrogens is 288 g/mol. The number of aliphatic hydroxyl groups excluding tert-OH is 1. The van der Waals surface area contributed by atoms with Crippen LogP contribution in [0, 0.1) is 11.8 Å². The number of fused-ring (bicyclic) bond motifs is 3. The Kier molecular flexibility index (Phi) is 4.12. The number of methoxy groups -OCH3 is 1. The fourth-order valence-corrected chi connectivity index (χ4v) is 5.38. The van der Waals surface area contributed by atoms with E-state index in [2.05, 4.69) is 33.8 Å². The molecule has 1 aromatic rings. The zero-order chi connectivity index (χ0) is 16.9. The molecule has 3 rings (SSSR count). The van der Waals surface area contributed by atoms with Gasteiger partial charge < -0.3 is 14.9 Å². The standard InChI is InChI=1S/C20H30O3/c1-11(2)14-9-13-10-15(21)16-12(3)7-6-8-20(16,4)17(13)18(22)19(14)23-5/h9,11-12,15-16,21-22H,6-8,10H2,1-5H3/t12?,15-,16?,20?/m0/s1. The van der Waals surface area contributed by atoms with Crippen LogP contribution in [0.2, 0.25) is 0 Å². The molecule has 2 aliphatic rings. The van der Waals surface area contributed by atoms with Gasteiger partial charge in [-0.2, -0.15) is 0 Å². The average Bonchev–Trinajstić information content (AvgIpc) is 2.45. The first-order valence-electron chi connectivity index (χ1n) is 8.92. The van der Waals surface area contributed by atoms with Crippen molar-refractivity contribution in [3.8, 4) is 11.5 Å². The Balaban J connectivity index is 2.24. The molecule has 23 heavy (non-hydrogen) atoms. The van der Waals surface area contributed by atoms with Crippen molar-refractivity contribution >= 4 is 0 Å². The van der Waals surface area contributed by atoms with Crippen LogP contribution in [-0.2, 0) is 11.8 Å². The van der Waals surface area contributed by atoms with Gasteiger partial charge in [0.15, 0.2) is 11.5 Å².